The summed E-state index contributed by atoms with van der Waals surface area (Å²) in [5, 5.41) is 2.24. The fourth-order valence-electron chi connectivity index (χ4n) is 9.69. The van der Waals surface area contributed by atoms with Crippen LogP contribution >= 0.6 is 0 Å². The predicted molar refractivity (Wildman–Crippen MR) is 293 cm³/mol. The Labute approximate surface area is 429 Å². The zero-order valence-corrected chi connectivity index (χ0v) is 41.1. The van der Waals surface area contributed by atoms with Crippen molar-refractivity contribution >= 4 is 10.8 Å². The molecule has 3 heteroatoms. The van der Waals surface area contributed by atoms with Crippen LogP contribution in [0.15, 0.2) is 273 Å². The van der Waals surface area contributed by atoms with E-state index in [0.29, 0.717) is 0 Å². The molecule has 2 nitrogen and oxygen atoms in total. The van der Waals surface area contributed by atoms with E-state index in [-0.39, 0.29) is 20.1 Å². The standard InChI is InChI=1S/C68H45N2.Ir/c1-5-19-47(20-6-1)56-39-57(48-21-7-2-8-22-48)41-59(40-56)52-28-17-30-54(37-52)66-45-60(53-29-18-31-55(38-53)68-65-34-14-13-27-51(65)35-36-69-68)46-67(70-66)62-43-58(49-23-9-3-10-24-49)42-61(44-62)64-33-16-15-32-63(64)50-25-11-4-12-26-50;/h1-30,32-46H;/q-1;. The second-order valence-electron chi connectivity index (χ2n) is 17.7. The van der Waals surface area contributed by atoms with E-state index in [9.17, 15) is 0 Å². The molecule has 0 unspecified atom stereocenters. The Morgan fingerprint density at radius 1 is 0.282 bits per heavy atom. The first-order valence-corrected chi connectivity index (χ1v) is 23.8. The summed E-state index contributed by atoms with van der Waals surface area (Å²) in [6, 6.07) is 98.9. The molecule has 0 amide bonds. The van der Waals surface area contributed by atoms with Gasteiger partial charge in [-0.05, 0) is 149 Å². The number of pyridine rings is 2. The van der Waals surface area contributed by atoms with Gasteiger partial charge in [-0.3, -0.25) is 0 Å². The molecule has 2 aromatic heterocycles. The van der Waals surface area contributed by atoms with Crippen molar-refractivity contribution in [2.45, 2.75) is 0 Å². The second kappa shape index (κ2) is 20.2. The fourth-order valence-corrected chi connectivity index (χ4v) is 9.69. The first-order valence-electron chi connectivity index (χ1n) is 23.8. The molecule has 0 saturated carbocycles. The Morgan fingerprint density at radius 3 is 1.34 bits per heavy atom. The van der Waals surface area contributed by atoms with Crippen molar-refractivity contribution < 1.29 is 20.1 Å². The minimum Gasteiger partial charge on any atom is -0.304 e. The molecule has 0 saturated heterocycles. The maximum atomic E-state index is 5.62. The zero-order valence-electron chi connectivity index (χ0n) is 38.7. The van der Waals surface area contributed by atoms with Gasteiger partial charge in [0.1, 0.15) is 0 Å². The average molecular weight is 1080 g/mol. The van der Waals surface area contributed by atoms with Crippen LogP contribution in [0.25, 0.3) is 122 Å². The molecule has 12 rings (SSSR count). The van der Waals surface area contributed by atoms with Crippen molar-refractivity contribution in [2.75, 3.05) is 0 Å². The minimum atomic E-state index is 0. The molecule has 2 heterocycles. The van der Waals surface area contributed by atoms with Crippen LogP contribution in [0.3, 0.4) is 0 Å². The molecule has 0 aliphatic heterocycles. The summed E-state index contributed by atoms with van der Waals surface area (Å²) in [4.78, 5) is 10.5. The van der Waals surface area contributed by atoms with Gasteiger partial charge in [-0.15, -0.1) is 35.4 Å². The molecule has 0 spiro atoms. The third-order valence-corrected chi connectivity index (χ3v) is 13.2. The normalized spacial score (nSPS) is 11.0. The quantitative estimate of drug-likeness (QED) is 0.128. The Balaban J connectivity index is 0.00000547. The Bertz CT molecular complexity index is 3750. The topological polar surface area (TPSA) is 25.8 Å². The average Bonchev–Trinajstić information content (AvgIpc) is 3.45. The fraction of sp³-hybridized carbons (Fsp3) is 0. The zero-order chi connectivity index (χ0) is 46.6. The summed E-state index contributed by atoms with van der Waals surface area (Å²) in [7, 11) is 0. The van der Waals surface area contributed by atoms with Crippen LogP contribution < -0.4 is 0 Å². The van der Waals surface area contributed by atoms with Crippen molar-refractivity contribution in [3.8, 4) is 112 Å². The van der Waals surface area contributed by atoms with Crippen molar-refractivity contribution in [1.29, 1.82) is 0 Å². The van der Waals surface area contributed by atoms with Gasteiger partial charge < -0.3 is 4.98 Å². The third kappa shape index (κ3) is 9.45. The number of nitrogens with zero attached hydrogens (tertiary/aromatic N) is 2. The molecule has 10 aromatic carbocycles. The maximum absolute atomic E-state index is 5.62. The van der Waals surface area contributed by atoms with E-state index in [1.54, 1.807) is 0 Å². The Hall–Kier alpha value is -8.59. The molecule has 0 N–H and O–H groups in total. The number of aromatic nitrogens is 2. The number of rotatable bonds is 10. The molecule has 0 fully saturated rings. The summed E-state index contributed by atoms with van der Waals surface area (Å²) >= 11 is 0. The van der Waals surface area contributed by atoms with Crippen molar-refractivity contribution in [2.24, 2.45) is 0 Å². The number of hydrogen-bond acceptors (Lipinski definition) is 2. The van der Waals surface area contributed by atoms with E-state index in [1.165, 1.54) is 33.4 Å². The van der Waals surface area contributed by atoms with E-state index in [2.05, 4.69) is 267 Å². The summed E-state index contributed by atoms with van der Waals surface area (Å²) in [6.45, 7) is 0. The first-order chi connectivity index (χ1) is 34.7. The largest absolute Gasteiger partial charge is 0.304 e. The van der Waals surface area contributed by atoms with Crippen LogP contribution in [-0.4, -0.2) is 9.97 Å². The van der Waals surface area contributed by atoms with E-state index >= 15 is 0 Å². The van der Waals surface area contributed by atoms with Gasteiger partial charge >= 0.3 is 0 Å². The van der Waals surface area contributed by atoms with Gasteiger partial charge in [0.2, 0.25) is 0 Å². The van der Waals surface area contributed by atoms with Crippen LogP contribution in [-0.2, 0) is 20.1 Å². The van der Waals surface area contributed by atoms with Crippen molar-refractivity contribution in [3.05, 3.63) is 279 Å². The molecule has 0 aliphatic carbocycles. The monoisotopic (exact) mass is 1080 g/mol. The first kappa shape index (κ1) is 44.9. The van der Waals surface area contributed by atoms with E-state index in [4.69, 9.17) is 9.97 Å². The minimum absolute atomic E-state index is 0. The van der Waals surface area contributed by atoms with Gasteiger partial charge in [0.25, 0.3) is 0 Å². The number of hydrogen-bond donors (Lipinski definition) is 0. The van der Waals surface area contributed by atoms with Gasteiger partial charge in [-0.2, -0.15) is 0 Å². The molecule has 0 aliphatic rings. The molecular formula is C68H45IrN2-. The molecule has 337 valence electrons. The molecule has 0 atom stereocenters. The van der Waals surface area contributed by atoms with Gasteiger partial charge in [0.15, 0.2) is 0 Å². The van der Waals surface area contributed by atoms with Crippen molar-refractivity contribution in [3.63, 3.8) is 0 Å². The Morgan fingerprint density at radius 2 is 0.704 bits per heavy atom. The maximum Gasteiger partial charge on any atom is 0.0715 e. The summed E-state index contributed by atoms with van der Waals surface area (Å²) in [6.07, 6.45) is 1.89. The number of fused-ring (bicyclic) bond motifs is 1. The molecule has 0 bridgehead atoms. The summed E-state index contributed by atoms with van der Waals surface area (Å²) < 4.78 is 0. The summed E-state index contributed by atoms with van der Waals surface area (Å²) in [5.41, 5.74) is 21.6. The predicted octanol–water partition coefficient (Wildman–Crippen LogP) is 18.1. The third-order valence-electron chi connectivity index (χ3n) is 13.2. The summed E-state index contributed by atoms with van der Waals surface area (Å²) in [5.74, 6) is 0. The van der Waals surface area contributed by atoms with Gasteiger partial charge in [0, 0.05) is 37.4 Å². The smallest absolute Gasteiger partial charge is 0.0715 e. The SMILES string of the molecule is [Ir].[c-]1ccc(-c2cc(-c3cccc(-c4cc(-c5ccccc5)cc(-c5ccccc5)c4)c3)nc(-c3cc(-c4ccccc4)cc(-c4ccccc4-c4ccccc4)c3)c2)cc1-c1nccc2ccccc12. The second-order valence-corrected chi connectivity index (χ2v) is 17.7. The van der Waals surface area contributed by atoms with Gasteiger partial charge in [0.05, 0.1) is 11.4 Å². The molecule has 1 radical (unpaired) electrons. The molecular weight excluding hydrogens is 1040 g/mol. The number of benzene rings is 10. The van der Waals surface area contributed by atoms with Gasteiger partial charge in [-0.1, -0.05) is 188 Å². The van der Waals surface area contributed by atoms with Crippen LogP contribution in [0.5, 0.6) is 0 Å². The van der Waals surface area contributed by atoms with E-state index in [0.717, 1.165) is 89.1 Å². The van der Waals surface area contributed by atoms with Crippen LogP contribution in [0.1, 0.15) is 0 Å². The van der Waals surface area contributed by atoms with Crippen LogP contribution in [0.4, 0.5) is 0 Å². The van der Waals surface area contributed by atoms with Crippen LogP contribution in [0, 0.1) is 6.07 Å². The van der Waals surface area contributed by atoms with E-state index in [1.807, 2.05) is 12.3 Å². The molecule has 12 aromatic rings. The van der Waals surface area contributed by atoms with Crippen LogP contribution in [0.2, 0.25) is 0 Å². The van der Waals surface area contributed by atoms with Gasteiger partial charge in [-0.25, -0.2) is 4.98 Å². The Kier molecular flexibility index (Phi) is 12.8. The van der Waals surface area contributed by atoms with E-state index < -0.39 is 0 Å². The molecule has 71 heavy (non-hydrogen) atoms. The van der Waals surface area contributed by atoms with Crippen molar-refractivity contribution in [1.82, 2.24) is 9.97 Å².